The first-order chi connectivity index (χ1) is 22.4. The Hall–Kier alpha value is -4.23. The molecule has 11 nitrogen and oxygen atoms in total. The molecule has 0 aliphatic rings. The van der Waals surface area contributed by atoms with Gasteiger partial charge in [-0.2, -0.15) is 0 Å². The molecule has 0 radical (unpaired) electrons. The first-order valence-corrected chi connectivity index (χ1v) is 17.7. The van der Waals surface area contributed by atoms with E-state index >= 15 is 0 Å². The minimum Gasteiger partial charge on any atom is -0.398 e. The monoisotopic (exact) mass is 692 g/mol. The van der Waals surface area contributed by atoms with E-state index in [9.17, 15) is 9.59 Å². The molecule has 0 saturated carbocycles. The van der Waals surface area contributed by atoms with Crippen LogP contribution in [0, 0.1) is 5.53 Å². The molecule has 13 heteroatoms. The summed E-state index contributed by atoms with van der Waals surface area (Å²) >= 11 is 3.00. The standard InChI is InChI=1S/C35H49N9O2S2/c1-34(2,3)23-17-25(36)29(47-14-9-13-44(7)40)27(19-23)42-31(45)21-10-8-11-22(16-21)32(46)43-28-20-24(35(4,5)6)18-26(37)30(28)48-15-12-41-33(38)39/h8,10-11,16-20,40H,9,12-15,36-37H2,1-7H3,(H5-,38,39,41,42,43,45,46)/p+1. The molecule has 0 fully saturated rings. The highest BCUT2D eigenvalue weighted by molar-refractivity contribution is 7.99. The normalized spacial score (nSPS) is 11.6. The van der Waals surface area contributed by atoms with Gasteiger partial charge in [-0.3, -0.25) is 14.6 Å². The molecule has 48 heavy (non-hydrogen) atoms. The van der Waals surface area contributed by atoms with Gasteiger partial charge >= 0.3 is 0 Å². The second-order valence-corrected chi connectivity index (χ2v) is 15.9. The fourth-order valence-corrected chi connectivity index (χ4v) is 6.51. The minimum atomic E-state index is -0.379. The van der Waals surface area contributed by atoms with Crippen molar-refractivity contribution < 1.29 is 14.3 Å². The van der Waals surface area contributed by atoms with Crippen molar-refractivity contribution in [3.8, 4) is 0 Å². The van der Waals surface area contributed by atoms with Gasteiger partial charge in [-0.05, 0) is 64.4 Å². The quantitative estimate of drug-likeness (QED) is 0.0201. The number of thioether (sulfide) groups is 2. The molecule has 3 aromatic carbocycles. The molecular formula is C35H50N9O2S2+. The number of guanidine groups is 1. The number of carbonyl (C=O) groups excluding carboxylic acids is 2. The van der Waals surface area contributed by atoms with Gasteiger partial charge in [-0.1, -0.05) is 53.1 Å². The molecule has 0 spiro atoms. The Kier molecular flexibility index (Phi) is 12.9. The second-order valence-electron chi connectivity index (χ2n) is 13.7. The Morgan fingerprint density at radius 2 is 1.25 bits per heavy atom. The topological polar surface area (TPSA) is 202 Å². The number of hydrogen-bond donors (Lipinski definition) is 7. The highest BCUT2D eigenvalue weighted by Gasteiger charge is 2.22. The van der Waals surface area contributed by atoms with Crippen LogP contribution in [0.3, 0.4) is 0 Å². The SMILES string of the molecule is C[N+](=N)CCCSc1c(N)cc(C(C)(C)C)cc1NC(=O)c1cccc(C(=O)Nc2cc(C(C)(C)C)cc(N)c2SCCN=C(N)N)c1. The summed E-state index contributed by atoms with van der Waals surface area (Å²) in [6.07, 6.45) is 0.788. The van der Waals surface area contributed by atoms with Gasteiger partial charge in [0.1, 0.15) is 0 Å². The number of hydrogen-bond acceptors (Lipinski definition) is 8. The number of nitrogen functional groups attached to an aromatic ring is 2. The van der Waals surface area contributed by atoms with E-state index < -0.39 is 0 Å². The van der Waals surface area contributed by atoms with Crippen molar-refractivity contribution in [1.82, 2.24) is 0 Å². The highest BCUT2D eigenvalue weighted by atomic mass is 32.2. The van der Waals surface area contributed by atoms with Gasteiger partial charge in [0.2, 0.25) is 0 Å². The molecule has 3 aromatic rings. The number of nitrogens with two attached hydrogens (primary N) is 4. The lowest BCUT2D eigenvalue weighted by Crippen LogP contribution is -2.23. The molecule has 0 saturated heterocycles. The van der Waals surface area contributed by atoms with Crippen LogP contribution in [0.1, 0.15) is 79.8 Å². The van der Waals surface area contributed by atoms with Crippen LogP contribution in [0.25, 0.3) is 0 Å². The number of nitrogens with one attached hydrogen (secondary N) is 3. The summed E-state index contributed by atoms with van der Waals surface area (Å²) in [4.78, 5) is 32.9. The maximum absolute atomic E-state index is 13.7. The molecule has 0 heterocycles. The van der Waals surface area contributed by atoms with Gasteiger partial charge in [0, 0.05) is 40.4 Å². The van der Waals surface area contributed by atoms with Crippen molar-refractivity contribution in [3.63, 3.8) is 0 Å². The molecule has 258 valence electrons. The van der Waals surface area contributed by atoms with Crippen LogP contribution in [-0.4, -0.2) is 54.1 Å². The summed E-state index contributed by atoms with van der Waals surface area (Å²) in [5.74, 6) is 0.556. The number of amides is 2. The number of nitrogens with zero attached hydrogens (tertiary/aromatic N) is 2. The average molecular weight is 693 g/mol. The van der Waals surface area contributed by atoms with Crippen molar-refractivity contribution in [2.24, 2.45) is 16.5 Å². The van der Waals surface area contributed by atoms with E-state index in [0.717, 1.165) is 28.2 Å². The van der Waals surface area contributed by atoms with Crippen molar-refractivity contribution in [1.29, 1.82) is 5.53 Å². The summed E-state index contributed by atoms with van der Waals surface area (Å²) in [5, 5.41) is 6.09. The van der Waals surface area contributed by atoms with Crippen LogP contribution in [-0.2, 0) is 10.8 Å². The van der Waals surface area contributed by atoms with Crippen molar-refractivity contribution in [2.45, 2.75) is 68.6 Å². The van der Waals surface area contributed by atoms with E-state index in [4.69, 9.17) is 28.5 Å². The first-order valence-electron chi connectivity index (χ1n) is 15.7. The van der Waals surface area contributed by atoms with Crippen molar-refractivity contribution in [2.75, 3.05) is 53.7 Å². The summed E-state index contributed by atoms with van der Waals surface area (Å²) in [5.41, 5.74) is 36.1. The van der Waals surface area contributed by atoms with Crippen LogP contribution in [0.4, 0.5) is 22.7 Å². The van der Waals surface area contributed by atoms with E-state index in [1.807, 2.05) is 24.3 Å². The van der Waals surface area contributed by atoms with Gasteiger partial charge in [-0.15, -0.1) is 28.2 Å². The molecule has 3 rings (SSSR count). The third-order valence-corrected chi connectivity index (χ3v) is 9.74. The summed E-state index contributed by atoms with van der Waals surface area (Å²) in [6, 6.07) is 14.4. The van der Waals surface area contributed by atoms with Crippen molar-refractivity contribution >= 4 is 64.0 Å². The average Bonchev–Trinajstić information content (AvgIpc) is 2.98. The lowest BCUT2D eigenvalue weighted by atomic mass is 9.86. The fourth-order valence-electron chi connectivity index (χ4n) is 4.67. The molecule has 0 aliphatic heterocycles. The fraction of sp³-hybridized carbons (Fsp3) is 0.400. The molecule has 2 amide bonds. The number of benzene rings is 3. The van der Waals surface area contributed by atoms with E-state index in [1.54, 1.807) is 43.1 Å². The lowest BCUT2D eigenvalue weighted by molar-refractivity contribution is -0.587. The largest absolute Gasteiger partial charge is 0.398 e. The Morgan fingerprint density at radius 3 is 1.67 bits per heavy atom. The maximum atomic E-state index is 13.7. The predicted molar refractivity (Wildman–Crippen MR) is 202 cm³/mol. The molecule has 0 aromatic heterocycles. The lowest BCUT2D eigenvalue weighted by Gasteiger charge is -2.23. The third kappa shape index (κ3) is 10.9. The molecule has 0 unspecified atom stereocenters. The van der Waals surface area contributed by atoms with E-state index in [0.29, 0.717) is 57.6 Å². The van der Waals surface area contributed by atoms with Crippen LogP contribution >= 0.6 is 23.5 Å². The van der Waals surface area contributed by atoms with Gasteiger partial charge in [-0.25, -0.2) is 0 Å². The van der Waals surface area contributed by atoms with Gasteiger partial charge in [0.25, 0.3) is 11.8 Å². The first kappa shape index (κ1) is 38.2. The number of rotatable bonds is 13. The maximum Gasteiger partial charge on any atom is 0.255 e. The Morgan fingerprint density at radius 1 is 0.792 bits per heavy atom. The number of anilines is 4. The van der Waals surface area contributed by atoms with Gasteiger partial charge in [0.05, 0.1) is 27.7 Å². The number of carbonyl (C=O) groups is 2. The third-order valence-electron chi connectivity index (χ3n) is 7.37. The Bertz CT molecular complexity index is 1690. The van der Waals surface area contributed by atoms with Crippen LogP contribution in [0.5, 0.6) is 0 Å². The molecular weight excluding hydrogens is 643 g/mol. The smallest absolute Gasteiger partial charge is 0.255 e. The summed E-state index contributed by atoms with van der Waals surface area (Å²) in [7, 11) is 1.71. The van der Waals surface area contributed by atoms with Gasteiger partial charge in [0.15, 0.2) is 19.6 Å². The molecule has 0 bridgehead atoms. The highest BCUT2D eigenvalue weighted by Crippen LogP contribution is 2.39. The van der Waals surface area contributed by atoms with E-state index in [-0.39, 0.29) is 28.6 Å². The van der Waals surface area contributed by atoms with E-state index in [1.165, 1.54) is 16.5 Å². The second kappa shape index (κ2) is 16.2. The van der Waals surface area contributed by atoms with Crippen molar-refractivity contribution in [3.05, 3.63) is 70.8 Å². The molecule has 11 N–H and O–H groups in total. The number of aliphatic imine (C=N–C) groups is 1. The molecule has 0 aliphatic carbocycles. The Labute approximate surface area is 292 Å². The van der Waals surface area contributed by atoms with E-state index in [2.05, 4.69) is 57.2 Å². The van der Waals surface area contributed by atoms with Gasteiger partial charge < -0.3 is 33.6 Å². The predicted octanol–water partition coefficient (Wildman–Crippen LogP) is 6.47. The summed E-state index contributed by atoms with van der Waals surface area (Å²) in [6.45, 7) is 13.5. The zero-order valence-electron chi connectivity index (χ0n) is 29.0. The minimum absolute atomic E-state index is 0.0118. The zero-order valence-corrected chi connectivity index (χ0v) is 30.6. The zero-order chi connectivity index (χ0) is 35.8. The molecule has 0 atom stereocenters. The van der Waals surface area contributed by atoms with Crippen LogP contribution < -0.4 is 33.6 Å². The van der Waals surface area contributed by atoms with Crippen LogP contribution in [0.15, 0.2) is 63.3 Å². The Balaban J connectivity index is 1.90. The summed E-state index contributed by atoms with van der Waals surface area (Å²) < 4.78 is 1.39. The van der Waals surface area contributed by atoms with Crippen LogP contribution in [0.2, 0.25) is 0 Å².